The standard InChI is InChI=1S/C21H36N2O/c1-4-5-6-7-8-9-10-14-17-22-21(24)19-23(2,3)18-20-15-12-11-13-16-20/h11-13,15-16H,4-10,14,17-19H2,1-3H3/p+1. The average Bonchev–Trinajstić information content (AvgIpc) is 2.53. The summed E-state index contributed by atoms with van der Waals surface area (Å²) in [6, 6.07) is 10.4. The van der Waals surface area contributed by atoms with Crippen LogP contribution in [0.15, 0.2) is 30.3 Å². The molecule has 1 amide bonds. The van der Waals surface area contributed by atoms with Gasteiger partial charge < -0.3 is 9.80 Å². The molecular weight excluding hydrogens is 296 g/mol. The molecule has 24 heavy (non-hydrogen) atoms. The monoisotopic (exact) mass is 333 g/mol. The maximum absolute atomic E-state index is 12.1. The van der Waals surface area contributed by atoms with Gasteiger partial charge in [-0.2, -0.15) is 0 Å². The van der Waals surface area contributed by atoms with Crippen molar-refractivity contribution >= 4 is 5.91 Å². The number of amides is 1. The zero-order chi connectivity index (χ0) is 17.7. The molecule has 0 saturated carbocycles. The second kappa shape index (κ2) is 12.1. The first-order chi connectivity index (χ1) is 11.5. The van der Waals surface area contributed by atoms with E-state index >= 15 is 0 Å². The first-order valence-electron chi connectivity index (χ1n) is 9.66. The topological polar surface area (TPSA) is 29.1 Å². The third kappa shape index (κ3) is 10.4. The van der Waals surface area contributed by atoms with E-state index in [0.29, 0.717) is 11.0 Å². The fourth-order valence-electron chi connectivity index (χ4n) is 3.06. The van der Waals surface area contributed by atoms with Crippen LogP contribution < -0.4 is 5.32 Å². The minimum absolute atomic E-state index is 0.166. The van der Waals surface area contributed by atoms with Crippen LogP contribution in [0.1, 0.15) is 63.9 Å². The molecular formula is C21H37N2O+. The summed E-state index contributed by atoms with van der Waals surface area (Å²) in [5, 5.41) is 3.08. The summed E-state index contributed by atoms with van der Waals surface area (Å²) in [7, 11) is 4.23. The lowest BCUT2D eigenvalue weighted by atomic mass is 10.1. The number of unbranched alkanes of at least 4 members (excludes halogenated alkanes) is 7. The molecule has 0 spiro atoms. The van der Waals surface area contributed by atoms with Gasteiger partial charge in [0.25, 0.3) is 5.91 Å². The number of quaternary nitrogens is 1. The molecule has 0 aliphatic rings. The molecule has 3 heteroatoms. The zero-order valence-corrected chi connectivity index (χ0v) is 16.0. The van der Waals surface area contributed by atoms with Gasteiger partial charge in [-0.1, -0.05) is 82.2 Å². The van der Waals surface area contributed by atoms with E-state index in [-0.39, 0.29) is 5.91 Å². The highest BCUT2D eigenvalue weighted by molar-refractivity contribution is 5.77. The highest BCUT2D eigenvalue weighted by Gasteiger charge is 2.20. The van der Waals surface area contributed by atoms with Crippen LogP contribution in [-0.4, -0.2) is 37.6 Å². The molecule has 0 heterocycles. The Hall–Kier alpha value is -1.35. The first-order valence-corrected chi connectivity index (χ1v) is 9.66. The number of likely N-dealkylation sites (N-methyl/N-ethyl adjacent to an activating group) is 1. The number of hydrogen-bond donors (Lipinski definition) is 1. The number of nitrogens with one attached hydrogen (secondary N) is 1. The van der Waals surface area contributed by atoms with Crippen LogP contribution >= 0.6 is 0 Å². The summed E-state index contributed by atoms with van der Waals surface area (Å²) in [6.07, 6.45) is 10.4. The summed E-state index contributed by atoms with van der Waals surface area (Å²) in [5.74, 6) is 0.166. The Labute approximate surface area is 149 Å². The maximum atomic E-state index is 12.1. The second-order valence-electron chi connectivity index (χ2n) is 7.56. The molecule has 0 aliphatic heterocycles. The Morgan fingerprint density at radius 3 is 2.12 bits per heavy atom. The van der Waals surface area contributed by atoms with Crippen molar-refractivity contribution in [3.05, 3.63) is 35.9 Å². The Kier molecular flexibility index (Phi) is 10.4. The summed E-state index contributed by atoms with van der Waals surface area (Å²) < 4.78 is 0.688. The van der Waals surface area contributed by atoms with Gasteiger partial charge in [-0.05, 0) is 6.42 Å². The highest BCUT2D eigenvalue weighted by Crippen LogP contribution is 2.09. The Morgan fingerprint density at radius 2 is 1.50 bits per heavy atom. The predicted molar refractivity (Wildman–Crippen MR) is 103 cm³/mol. The van der Waals surface area contributed by atoms with E-state index in [0.717, 1.165) is 19.5 Å². The maximum Gasteiger partial charge on any atom is 0.275 e. The minimum atomic E-state index is 0.166. The molecule has 0 fully saturated rings. The molecule has 1 rings (SSSR count). The van der Waals surface area contributed by atoms with E-state index in [9.17, 15) is 4.79 Å². The molecule has 0 atom stereocenters. The van der Waals surface area contributed by atoms with Gasteiger partial charge in [0, 0.05) is 12.1 Å². The molecule has 0 bridgehead atoms. The van der Waals surface area contributed by atoms with E-state index in [1.54, 1.807) is 0 Å². The lowest BCUT2D eigenvalue weighted by molar-refractivity contribution is -0.895. The Balaban J connectivity index is 2.08. The summed E-state index contributed by atoms with van der Waals surface area (Å²) in [6.45, 7) is 4.49. The first kappa shape index (κ1) is 20.7. The average molecular weight is 334 g/mol. The number of carbonyl (C=O) groups is 1. The van der Waals surface area contributed by atoms with E-state index in [2.05, 4.69) is 50.6 Å². The van der Waals surface area contributed by atoms with Crippen molar-refractivity contribution in [3.63, 3.8) is 0 Å². The van der Waals surface area contributed by atoms with E-state index in [1.165, 1.54) is 50.5 Å². The number of hydrogen-bond acceptors (Lipinski definition) is 1. The van der Waals surface area contributed by atoms with Crippen molar-refractivity contribution in [1.29, 1.82) is 0 Å². The van der Waals surface area contributed by atoms with Crippen LogP contribution in [-0.2, 0) is 11.3 Å². The summed E-state index contributed by atoms with van der Waals surface area (Å²) in [5.41, 5.74) is 1.28. The van der Waals surface area contributed by atoms with Gasteiger partial charge in [-0.25, -0.2) is 0 Å². The lowest BCUT2D eigenvalue weighted by Crippen LogP contribution is -2.46. The van der Waals surface area contributed by atoms with Gasteiger partial charge in [0.1, 0.15) is 6.54 Å². The van der Waals surface area contributed by atoms with Crippen molar-refractivity contribution in [2.24, 2.45) is 0 Å². The third-order valence-corrected chi connectivity index (χ3v) is 4.38. The molecule has 0 saturated heterocycles. The highest BCUT2D eigenvalue weighted by atomic mass is 16.2. The minimum Gasteiger partial charge on any atom is -0.351 e. The van der Waals surface area contributed by atoms with E-state index < -0.39 is 0 Å². The molecule has 136 valence electrons. The summed E-state index contributed by atoms with van der Waals surface area (Å²) in [4.78, 5) is 12.1. The molecule has 1 aromatic carbocycles. The largest absolute Gasteiger partial charge is 0.351 e. The zero-order valence-electron chi connectivity index (χ0n) is 16.0. The Bertz CT molecular complexity index is 442. The van der Waals surface area contributed by atoms with E-state index in [4.69, 9.17) is 0 Å². The van der Waals surface area contributed by atoms with Gasteiger partial charge in [-0.3, -0.25) is 4.79 Å². The smallest absolute Gasteiger partial charge is 0.275 e. The molecule has 0 aliphatic carbocycles. The normalized spacial score (nSPS) is 11.5. The van der Waals surface area contributed by atoms with Crippen LogP contribution in [0.3, 0.4) is 0 Å². The molecule has 1 aromatic rings. The summed E-state index contributed by atoms with van der Waals surface area (Å²) >= 11 is 0. The number of rotatable bonds is 13. The Morgan fingerprint density at radius 1 is 0.917 bits per heavy atom. The van der Waals surface area contributed by atoms with Gasteiger partial charge in [0.05, 0.1) is 14.1 Å². The van der Waals surface area contributed by atoms with Gasteiger partial charge in [0.15, 0.2) is 6.54 Å². The van der Waals surface area contributed by atoms with Gasteiger partial charge in [-0.15, -0.1) is 0 Å². The number of carbonyl (C=O) groups excluding carboxylic acids is 1. The van der Waals surface area contributed by atoms with Crippen molar-refractivity contribution in [3.8, 4) is 0 Å². The SMILES string of the molecule is CCCCCCCCCCNC(=O)C[N+](C)(C)Cc1ccccc1. The van der Waals surface area contributed by atoms with Crippen LogP contribution in [0.5, 0.6) is 0 Å². The quantitative estimate of drug-likeness (QED) is 0.417. The van der Waals surface area contributed by atoms with Crippen molar-refractivity contribution < 1.29 is 9.28 Å². The lowest BCUT2D eigenvalue weighted by Gasteiger charge is -2.29. The molecule has 0 unspecified atom stereocenters. The second-order valence-corrected chi connectivity index (χ2v) is 7.56. The molecule has 1 N–H and O–H groups in total. The van der Waals surface area contributed by atoms with E-state index in [1.807, 2.05) is 6.07 Å². The fraction of sp³-hybridized carbons (Fsp3) is 0.667. The van der Waals surface area contributed by atoms with Gasteiger partial charge in [0.2, 0.25) is 0 Å². The molecule has 0 aromatic heterocycles. The molecule has 3 nitrogen and oxygen atoms in total. The van der Waals surface area contributed by atoms with Gasteiger partial charge >= 0.3 is 0 Å². The van der Waals surface area contributed by atoms with Crippen molar-refractivity contribution in [2.75, 3.05) is 27.2 Å². The number of benzene rings is 1. The van der Waals surface area contributed by atoms with Crippen LogP contribution in [0, 0.1) is 0 Å². The van der Waals surface area contributed by atoms with Crippen molar-refractivity contribution in [2.45, 2.75) is 64.8 Å². The van der Waals surface area contributed by atoms with Crippen LogP contribution in [0.25, 0.3) is 0 Å². The van der Waals surface area contributed by atoms with Crippen LogP contribution in [0.2, 0.25) is 0 Å². The fourth-order valence-corrected chi connectivity index (χ4v) is 3.06. The van der Waals surface area contributed by atoms with Crippen LogP contribution in [0.4, 0.5) is 0 Å². The molecule has 0 radical (unpaired) electrons. The third-order valence-electron chi connectivity index (χ3n) is 4.38. The predicted octanol–water partition coefficient (Wildman–Crippen LogP) is 4.52. The van der Waals surface area contributed by atoms with Crippen molar-refractivity contribution in [1.82, 2.24) is 5.32 Å². The number of nitrogens with zero attached hydrogens (tertiary/aromatic N) is 1.